The molecule has 2 rings (SSSR count). The maximum atomic E-state index is 9.70. The lowest BCUT2D eigenvalue weighted by Gasteiger charge is -2.37. The van der Waals surface area contributed by atoms with Gasteiger partial charge in [0.15, 0.2) is 0 Å². The van der Waals surface area contributed by atoms with Crippen LogP contribution in [0, 0.1) is 17.3 Å². The van der Waals surface area contributed by atoms with Crippen LogP contribution in [0.2, 0.25) is 0 Å². The molecule has 0 radical (unpaired) electrons. The Labute approximate surface area is 117 Å². The van der Waals surface area contributed by atoms with Crippen molar-refractivity contribution in [3.05, 3.63) is 0 Å². The van der Waals surface area contributed by atoms with Gasteiger partial charge >= 0.3 is 0 Å². The molecule has 0 aromatic rings. The molecule has 0 spiro atoms. The maximum Gasteiger partial charge on any atom is 0.0499 e. The van der Waals surface area contributed by atoms with Crippen LogP contribution in [-0.4, -0.2) is 36.5 Å². The highest BCUT2D eigenvalue weighted by atomic mass is 16.3. The second-order valence-corrected chi connectivity index (χ2v) is 6.84. The fourth-order valence-electron chi connectivity index (χ4n) is 4.01. The predicted molar refractivity (Wildman–Crippen MR) is 78.0 cm³/mol. The van der Waals surface area contributed by atoms with Crippen molar-refractivity contribution in [2.45, 2.75) is 57.8 Å². The van der Waals surface area contributed by atoms with E-state index >= 15 is 0 Å². The Morgan fingerprint density at radius 1 is 0.895 bits per heavy atom. The molecule has 0 saturated heterocycles. The zero-order valence-electron chi connectivity index (χ0n) is 12.2. The molecule has 2 fully saturated rings. The van der Waals surface area contributed by atoms with Crippen molar-refractivity contribution in [3.63, 3.8) is 0 Å². The van der Waals surface area contributed by atoms with Gasteiger partial charge < -0.3 is 15.5 Å². The fraction of sp³-hybridized carbons (Fsp3) is 1.00. The van der Waals surface area contributed by atoms with Gasteiger partial charge in [0.05, 0.1) is 0 Å². The number of nitrogens with one attached hydrogen (secondary N) is 1. The van der Waals surface area contributed by atoms with Gasteiger partial charge in [0.1, 0.15) is 0 Å². The third-order valence-electron chi connectivity index (χ3n) is 5.46. The first-order chi connectivity index (χ1) is 9.29. The summed E-state index contributed by atoms with van der Waals surface area (Å²) in [5.74, 6) is 1.13. The molecule has 2 saturated carbocycles. The first-order valence-electron chi connectivity index (χ1n) is 8.22. The van der Waals surface area contributed by atoms with Gasteiger partial charge in [-0.15, -0.1) is 0 Å². The number of aliphatic hydroxyl groups excluding tert-OH is 2. The summed E-state index contributed by atoms with van der Waals surface area (Å²) in [6.07, 6.45) is 11.2. The molecule has 2 aliphatic rings. The minimum atomic E-state index is 0.141. The third kappa shape index (κ3) is 4.17. The highest BCUT2D eigenvalue weighted by Gasteiger charge is 2.31. The zero-order chi connectivity index (χ0) is 13.6. The van der Waals surface area contributed by atoms with Crippen LogP contribution in [0.25, 0.3) is 0 Å². The summed E-state index contributed by atoms with van der Waals surface area (Å²) in [6, 6.07) is 0. The Hall–Kier alpha value is -0.120. The second kappa shape index (κ2) is 7.61. The van der Waals surface area contributed by atoms with Crippen LogP contribution in [0.3, 0.4) is 0 Å². The molecule has 0 aromatic carbocycles. The molecular weight excluding hydrogens is 238 g/mol. The first-order valence-corrected chi connectivity index (χ1v) is 8.22. The van der Waals surface area contributed by atoms with Crippen molar-refractivity contribution in [2.24, 2.45) is 17.3 Å². The van der Waals surface area contributed by atoms with Crippen LogP contribution < -0.4 is 5.32 Å². The van der Waals surface area contributed by atoms with Crippen molar-refractivity contribution in [1.29, 1.82) is 0 Å². The summed E-state index contributed by atoms with van der Waals surface area (Å²) < 4.78 is 0. The van der Waals surface area contributed by atoms with Crippen molar-refractivity contribution in [3.8, 4) is 0 Å². The predicted octanol–water partition coefficient (Wildman–Crippen LogP) is 2.32. The normalized spacial score (nSPS) is 31.3. The maximum absolute atomic E-state index is 9.70. The standard InChI is InChI=1S/C16H31NO2/c18-11-15-7-3-2-6-14(15)10-17-12-16(13-19)8-4-1-5-9-16/h14-15,17-19H,1-13H2. The van der Waals surface area contributed by atoms with Crippen molar-refractivity contribution >= 4 is 0 Å². The fourth-order valence-corrected chi connectivity index (χ4v) is 4.01. The Kier molecular flexibility index (Phi) is 6.11. The highest BCUT2D eigenvalue weighted by molar-refractivity contribution is 4.85. The number of aliphatic hydroxyl groups is 2. The third-order valence-corrected chi connectivity index (χ3v) is 5.46. The van der Waals surface area contributed by atoms with E-state index in [1.807, 2.05) is 0 Å². The van der Waals surface area contributed by atoms with E-state index in [-0.39, 0.29) is 5.41 Å². The highest BCUT2D eigenvalue weighted by Crippen LogP contribution is 2.35. The Bertz CT molecular complexity index is 251. The van der Waals surface area contributed by atoms with Gasteiger partial charge in [0, 0.05) is 25.2 Å². The van der Waals surface area contributed by atoms with Crippen molar-refractivity contribution in [1.82, 2.24) is 5.32 Å². The summed E-state index contributed by atoms with van der Waals surface area (Å²) >= 11 is 0. The lowest BCUT2D eigenvalue weighted by molar-refractivity contribution is 0.0752. The van der Waals surface area contributed by atoms with E-state index in [0.717, 1.165) is 13.1 Å². The molecule has 0 amide bonds. The van der Waals surface area contributed by atoms with Gasteiger partial charge in [-0.3, -0.25) is 0 Å². The van der Waals surface area contributed by atoms with Crippen LogP contribution in [0.15, 0.2) is 0 Å². The van der Waals surface area contributed by atoms with Gasteiger partial charge in [-0.2, -0.15) is 0 Å². The van der Waals surface area contributed by atoms with Crippen molar-refractivity contribution in [2.75, 3.05) is 26.3 Å². The summed E-state index contributed by atoms with van der Waals surface area (Å²) in [7, 11) is 0. The molecular formula is C16H31NO2. The minimum absolute atomic E-state index is 0.141. The zero-order valence-corrected chi connectivity index (χ0v) is 12.2. The molecule has 19 heavy (non-hydrogen) atoms. The molecule has 2 aliphatic carbocycles. The molecule has 2 atom stereocenters. The van der Waals surface area contributed by atoms with Gasteiger partial charge in [0.2, 0.25) is 0 Å². The summed E-state index contributed by atoms with van der Waals surface area (Å²) in [5.41, 5.74) is 0.141. The van der Waals surface area contributed by atoms with Crippen LogP contribution in [-0.2, 0) is 0 Å². The van der Waals surface area contributed by atoms with Gasteiger partial charge in [-0.1, -0.05) is 32.1 Å². The monoisotopic (exact) mass is 269 g/mol. The molecule has 3 heteroatoms. The van der Waals surface area contributed by atoms with E-state index < -0.39 is 0 Å². The molecule has 0 aliphatic heterocycles. The van der Waals surface area contributed by atoms with Gasteiger partial charge in [-0.05, 0) is 44.1 Å². The van der Waals surface area contributed by atoms with Crippen molar-refractivity contribution < 1.29 is 10.2 Å². The van der Waals surface area contributed by atoms with E-state index in [4.69, 9.17) is 0 Å². The summed E-state index contributed by atoms with van der Waals surface area (Å²) in [5, 5.41) is 22.7. The van der Waals surface area contributed by atoms with Crippen LogP contribution >= 0.6 is 0 Å². The van der Waals surface area contributed by atoms with E-state index in [1.54, 1.807) is 0 Å². The Morgan fingerprint density at radius 2 is 1.58 bits per heavy atom. The van der Waals surface area contributed by atoms with E-state index in [0.29, 0.717) is 25.0 Å². The molecule has 3 nitrogen and oxygen atoms in total. The summed E-state index contributed by atoms with van der Waals surface area (Å²) in [6.45, 7) is 2.65. The average Bonchev–Trinajstić information content (AvgIpc) is 2.49. The number of hydrogen-bond donors (Lipinski definition) is 3. The Morgan fingerprint density at radius 3 is 2.21 bits per heavy atom. The lowest BCUT2D eigenvalue weighted by Crippen LogP contribution is -2.42. The van der Waals surface area contributed by atoms with Gasteiger partial charge in [0.25, 0.3) is 0 Å². The van der Waals surface area contributed by atoms with E-state index in [2.05, 4.69) is 5.32 Å². The van der Waals surface area contributed by atoms with Gasteiger partial charge in [-0.25, -0.2) is 0 Å². The van der Waals surface area contributed by atoms with E-state index in [9.17, 15) is 10.2 Å². The quantitative estimate of drug-likeness (QED) is 0.693. The largest absolute Gasteiger partial charge is 0.396 e. The number of rotatable bonds is 6. The van der Waals surface area contributed by atoms with E-state index in [1.165, 1.54) is 57.8 Å². The lowest BCUT2D eigenvalue weighted by atomic mass is 9.74. The summed E-state index contributed by atoms with van der Waals surface area (Å²) in [4.78, 5) is 0. The topological polar surface area (TPSA) is 52.5 Å². The first kappa shape index (κ1) is 15.3. The second-order valence-electron chi connectivity index (χ2n) is 6.84. The minimum Gasteiger partial charge on any atom is -0.396 e. The smallest absolute Gasteiger partial charge is 0.0499 e. The van der Waals surface area contributed by atoms with Crippen LogP contribution in [0.5, 0.6) is 0 Å². The molecule has 0 heterocycles. The SMILES string of the molecule is OCC1CCCCC1CNCC1(CO)CCCCC1. The molecule has 2 unspecified atom stereocenters. The Balaban J connectivity index is 1.74. The van der Waals surface area contributed by atoms with Crippen LogP contribution in [0.1, 0.15) is 57.8 Å². The molecule has 0 aromatic heterocycles. The molecule has 3 N–H and O–H groups in total. The van der Waals surface area contributed by atoms with Crippen LogP contribution in [0.4, 0.5) is 0 Å². The number of hydrogen-bond acceptors (Lipinski definition) is 3. The average molecular weight is 269 g/mol. The molecule has 0 bridgehead atoms. The molecule has 112 valence electrons.